The van der Waals surface area contributed by atoms with Gasteiger partial charge in [0.1, 0.15) is 0 Å². The lowest BCUT2D eigenvalue weighted by Gasteiger charge is -2.34. The second-order valence-electron chi connectivity index (χ2n) is 4.74. The van der Waals surface area contributed by atoms with E-state index in [0.29, 0.717) is 5.88 Å². The fourth-order valence-electron chi connectivity index (χ4n) is 2.41. The topological polar surface area (TPSA) is 50.1 Å². The maximum absolute atomic E-state index is 5.78. The summed E-state index contributed by atoms with van der Waals surface area (Å²) >= 11 is 5.78. The minimum absolute atomic E-state index is 0.682. The largest absolute Gasteiger partial charge is 0.337 e. The molecule has 3 rings (SSSR count). The van der Waals surface area contributed by atoms with Crippen molar-refractivity contribution in [3.63, 3.8) is 0 Å². The van der Waals surface area contributed by atoms with E-state index in [0.717, 1.165) is 44.4 Å². The summed E-state index contributed by atoms with van der Waals surface area (Å²) in [6.45, 7) is 4.77. The molecule has 0 N–H and O–H groups in total. The zero-order valence-electron chi connectivity index (χ0n) is 11.2. The third kappa shape index (κ3) is 2.76. The summed E-state index contributed by atoms with van der Waals surface area (Å²) in [5.74, 6) is 1.49. The van der Waals surface area contributed by atoms with Crippen molar-refractivity contribution < 1.29 is 0 Å². The molecule has 0 aliphatic carbocycles. The molecule has 1 aromatic heterocycles. The quantitative estimate of drug-likeness (QED) is 0.788. The SMILES string of the molecule is ClCCN1CCN(c2nnnn2-c2ccccc2)CC1. The van der Waals surface area contributed by atoms with Gasteiger partial charge in [0.2, 0.25) is 5.95 Å². The number of anilines is 1. The van der Waals surface area contributed by atoms with E-state index in [2.05, 4.69) is 25.3 Å². The molecule has 0 amide bonds. The Morgan fingerprint density at radius 3 is 2.50 bits per heavy atom. The van der Waals surface area contributed by atoms with Crippen LogP contribution in [0.25, 0.3) is 5.69 Å². The molecule has 1 aromatic carbocycles. The predicted molar refractivity (Wildman–Crippen MR) is 78.5 cm³/mol. The highest BCUT2D eigenvalue weighted by Gasteiger charge is 2.21. The van der Waals surface area contributed by atoms with Crippen molar-refractivity contribution in [1.82, 2.24) is 25.1 Å². The van der Waals surface area contributed by atoms with Crippen LogP contribution in [0.3, 0.4) is 0 Å². The number of hydrogen-bond acceptors (Lipinski definition) is 5. The minimum atomic E-state index is 0.682. The molecule has 6 nitrogen and oxygen atoms in total. The van der Waals surface area contributed by atoms with E-state index in [1.165, 1.54) is 0 Å². The van der Waals surface area contributed by atoms with Gasteiger partial charge in [0, 0.05) is 38.6 Å². The zero-order valence-corrected chi connectivity index (χ0v) is 11.9. The zero-order chi connectivity index (χ0) is 13.8. The van der Waals surface area contributed by atoms with Crippen molar-refractivity contribution in [2.24, 2.45) is 0 Å². The molecule has 1 aliphatic rings. The van der Waals surface area contributed by atoms with Crippen LogP contribution >= 0.6 is 11.6 Å². The van der Waals surface area contributed by atoms with E-state index >= 15 is 0 Å². The number of tetrazole rings is 1. The standard InChI is InChI=1S/C13H17ClN6/c14-6-7-18-8-10-19(11-9-18)13-15-16-17-20(13)12-4-2-1-3-5-12/h1-5H,6-11H2. The van der Waals surface area contributed by atoms with Crippen molar-refractivity contribution in [3.8, 4) is 5.69 Å². The third-order valence-corrected chi connectivity index (χ3v) is 3.68. The molecular weight excluding hydrogens is 276 g/mol. The number of hydrogen-bond donors (Lipinski definition) is 0. The molecule has 0 spiro atoms. The molecule has 20 heavy (non-hydrogen) atoms. The Kier molecular flexibility index (Phi) is 4.13. The lowest BCUT2D eigenvalue weighted by atomic mass is 10.3. The molecule has 106 valence electrons. The van der Waals surface area contributed by atoms with Crippen molar-refractivity contribution in [3.05, 3.63) is 30.3 Å². The third-order valence-electron chi connectivity index (χ3n) is 3.51. The summed E-state index contributed by atoms with van der Waals surface area (Å²) in [5.41, 5.74) is 0.982. The van der Waals surface area contributed by atoms with Crippen molar-refractivity contribution >= 4 is 17.5 Å². The summed E-state index contributed by atoms with van der Waals surface area (Å²) < 4.78 is 1.79. The van der Waals surface area contributed by atoms with Gasteiger partial charge in [-0.25, -0.2) is 0 Å². The van der Waals surface area contributed by atoms with E-state index in [1.807, 2.05) is 30.3 Å². The Morgan fingerprint density at radius 2 is 1.80 bits per heavy atom. The van der Waals surface area contributed by atoms with E-state index < -0.39 is 0 Å². The number of rotatable bonds is 4. The Bertz CT molecular complexity index is 535. The van der Waals surface area contributed by atoms with Crippen LogP contribution in [-0.2, 0) is 0 Å². The van der Waals surface area contributed by atoms with Crippen LogP contribution in [0.4, 0.5) is 5.95 Å². The number of piperazine rings is 1. The molecule has 0 radical (unpaired) electrons. The number of nitrogens with zero attached hydrogens (tertiary/aromatic N) is 6. The molecular formula is C13H17ClN6. The van der Waals surface area contributed by atoms with Crippen LogP contribution in [0.15, 0.2) is 30.3 Å². The molecule has 1 fully saturated rings. The van der Waals surface area contributed by atoms with Crippen LogP contribution in [-0.4, -0.2) is 63.7 Å². The van der Waals surface area contributed by atoms with Gasteiger partial charge in [-0.1, -0.05) is 23.3 Å². The van der Waals surface area contributed by atoms with Gasteiger partial charge in [0.05, 0.1) is 5.69 Å². The van der Waals surface area contributed by atoms with Gasteiger partial charge in [0.15, 0.2) is 0 Å². The van der Waals surface area contributed by atoms with Gasteiger partial charge in [-0.05, 0) is 22.6 Å². The van der Waals surface area contributed by atoms with Crippen LogP contribution in [0, 0.1) is 0 Å². The molecule has 2 aromatic rings. The average molecular weight is 293 g/mol. The van der Waals surface area contributed by atoms with Gasteiger partial charge >= 0.3 is 0 Å². The van der Waals surface area contributed by atoms with Crippen molar-refractivity contribution in [1.29, 1.82) is 0 Å². The van der Waals surface area contributed by atoms with E-state index in [-0.39, 0.29) is 0 Å². The molecule has 7 heteroatoms. The summed E-state index contributed by atoms with van der Waals surface area (Å²) in [5, 5.41) is 12.1. The van der Waals surface area contributed by atoms with Gasteiger partial charge in [-0.3, -0.25) is 4.90 Å². The normalized spacial score (nSPS) is 16.6. The minimum Gasteiger partial charge on any atom is -0.337 e. The highest BCUT2D eigenvalue weighted by atomic mass is 35.5. The van der Waals surface area contributed by atoms with Gasteiger partial charge < -0.3 is 4.90 Å². The smallest absolute Gasteiger partial charge is 0.250 e. The number of alkyl halides is 1. The molecule has 0 saturated carbocycles. The highest BCUT2D eigenvalue weighted by molar-refractivity contribution is 6.18. The molecule has 2 heterocycles. The number of halogens is 1. The lowest BCUT2D eigenvalue weighted by Crippen LogP contribution is -2.47. The van der Waals surface area contributed by atoms with E-state index in [1.54, 1.807) is 4.68 Å². The number of aromatic nitrogens is 4. The monoisotopic (exact) mass is 292 g/mol. The number of benzene rings is 1. The predicted octanol–water partition coefficient (Wildman–Crippen LogP) is 1.02. The van der Waals surface area contributed by atoms with Crippen LogP contribution in [0.5, 0.6) is 0 Å². The summed E-state index contributed by atoms with van der Waals surface area (Å²) in [7, 11) is 0. The highest BCUT2D eigenvalue weighted by Crippen LogP contribution is 2.16. The Labute approximate surface area is 122 Å². The summed E-state index contributed by atoms with van der Waals surface area (Å²) in [6, 6.07) is 9.96. The fourth-order valence-corrected chi connectivity index (χ4v) is 2.65. The first-order valence-corrected chi connectivity index (χ1v) is 7.29. The second kappa shape index (κ2) is 6.19. The molecule has 1 aliphatic heterocycles. The first-order chi connectivity index (χ1) is 9.88. The fraction of sp³-hybridized carbons (Fsp3) is 0.462. The van der Waals surface area contributed by atoms with E-state index in [9.17, 15) is 0 Å². The second-order valence-corrected chi connectivity index (χ2v) is 5.12. The Hall–Kier alpha value is -1.66. The average Bonchev–Trinajstić information content (AvgIpc) is 2.99. The van der Waals surface area contributed by atoms with Gasteiger partial charge in [-0.15, -0.1) is 11.6 Å². The van der Waals surface area contributed by atoms with Crippen molar-refractivity contribution in [2.75, 3.05) is 43.5 Å². The van der Waals surface area contributed by atoms with Crippen LogP contribution in [0.1, 0.15) is 0 Å². The van der Waals surface area contributed by atoms with Gasteiger partial charge in [0.25, 0.3) is 0 Å². The first kappa shape index (κ1) is 13.3. The number of para-hydroxylation sites is 1. The summed E-state index contributed by atoms with van der Waals surface area (Å²) in [6.07, 6.45) is 0. The molecule has 0 bridgehead atoms. The maximum atomic E-state index is 5.78. The van der Waals surface area contributed by atoms with Crippen LogP contribution in [0.2, 0.25) is 0 Å². The molecule has 0 atom stereocenters. The first-order valence-electron chi connectivity index (χ1n) is 6.75. The summed E-state index contributed by atoms with van der Waals surface area (Å²) in [4.78, 5) is 4.58. The van der Waals surface area contributed by atoms with Crippen molar-refractivity contribution in [2.45, 2.75) is 0 Å². The molecule has 0 unspecified atom stereocenters. The lowest BCUT2D eigenvalue weighted by molar-refractivity contribution is 0.271. The van der Waals surface area contributed by atoms with Gasteiger partial charge in [-0.2, -0.15) is 4.68 Å². The Balaban J connectivity index is 1.75. The molecule has 1 saturated heterocycles. The van der Waals surface area contributed by atoms with E-state index in [4.69, 9.17) is 11.6 Å². The maximum Gasteiger partial charge on any atom is 0.250 e. The Morgan fingerprint density at radius 1 is 1.05 bits per heavy atom. The van der Waals surface area contributed by atoms with Crippen LogP contribution < -0.4 is 4.90 Å².